The first-order valence-corrected chi connectivity index (χ1v) is 7.36. The first kappa shape index (κ1) is 14.6. The summed E-state index contributed by atoms with van der Waals surface area (Å²) in [5, 5.41) is 13.9. The average Bonchev–Trinajstić information content (AvgIpc) is 3.15. The smallest absolute Gasteiger partial charge is 0.119 e. The van der Waals surface area contributed by atoms with Gasteiger partial charge in [-0.15, -0.1) is 0 Å². The molecule has 0 radical (unpaired) electrons. The van der Waals surface area contributed by atoms with Gasteiger partial charge in [-0.05, 0) is 43.0 Å². The van der Waals surface area contributed by atoms with Crippen molar-refractivity contribution in [2.75, 3.05) is 13.2 Å². The third kappa shape index (κ3) is 5.01. The first-order chi connectivity index (χ1) is 9.19. The lowest BCUT2D eigenvalue weighted by molar-refractivity contribution is 0.106. The Balaban J connectivity index is 1.60. The molecule has 1 saturated carbocycles. The van der Waals surface area contributed by atoms with E-state index in [9.17, 15) is 5.11 Å². The third-order valence-corrected chi connectivity index (χ3v) is 3.71. The van der Waals surface area contributed by atoms with Crippen LogP contribution < -0.4 is 10.1 Å². The van der Waals surface area contributed by atoms with Crippen LogP contribution in [0.15, 0.2) is 24.3 Å². The molecule has 0 spiro atoms. The number of aliphatic hydroxyl groups excluding tert-OH is 1. The summed E-state index contributed by atoms with van der Waals surface area (Å²) in [6.45, 7) is 3.11. The molecule has 0 heterocycles. The molecule has 3 nitrogen and oxygen atoms in total. The maximum Gasteiger partial charge on any atom is 0.119 e. The van der Waals surface area contributed by atoms with Gasteiger partial charge in [0.25, 0.3) is 0 Å². The molecule has 19 heavy (non-hydrogen) atoms. The van der Waals surface area contributed by atoms with E-state index in [4.69, 9.17) is 16.3 Å². The maximum absolute atomic E-state index is 9.84. The molecule has 3 atom stereocenters. The van der Waals surface area contributed by atoms with Crippen LogP contribution >= 0.6 is 11.6 Å². The van der Waals surface area contributed by atoms with Gasteiger partial charge in [-0.3, -0.25) is 0 Å². The third-order valence-electron chi connectivity index (χ3n) is 3.45. The Hall–Kier alpha value is -0.770. The zero-order valence-electron chi connectivity index (χ0n) is 11.3. The van der Waals surface area contributed by atoms with Crippen LogP contribution in [0.25, 0.3) is 0 Å². The fraction of sp³-hybridized carbons (Fsp3) is 0.600. The molecule has 1 aromatic carbocycles. The van der Waals surface area contributed by atoms with Gasteiger partial charge in [0.05, 0.1) is 0 Å². The molecule has 0 aromatic heterocycles. The molecule has 1 fully saturated rings. The molecule has 3 unspecified atom stereocenters. The molecule has 0 aliphatic heterocycles. The second-order valence-corrected chi connectivity index (χ2v) is 5.65. The van der Waals surface area contributed by atoms with Crippen LogP contribution in [0.3, 0.4) is 0 Å². The summed E-state index contributed by atoms with van der Waals surface area (Å²) in [5.41, 5.74) is 0. The molecule has 2 N–H and O–H groups in total. The lowest BCUT2D eigenvalue weighted by Gasteiger charge is -2.13. The number of hydrogen-bond donors (Lipinski definition) is 2. The normalized spacial score (nSPS) is 23.1. The molecule has 2 rings (SSSR count). The monoisotopic (exact) mass is 283 g/mol. The largest absolute Gasteiger partial charge is 0.491 e. The zero-order valence-corrected chi connectivity index (χ0v) is 12.1. The van der Waals surface area contributed by atoms with Crippen molar-refractivity contribution in [3.05, 3.63) is 29.3 Å². The minimum atomic E-state index is -0.474. The highest BCUT2D eigenvalue weighted by molar-refractivity contribution is 6.30. The number of rotatable bonds is 8. The van der Waals surface area contributed by atoms with Crippen LogP contribution in [0.5, 0.6) is 5.75 Å². The van der Waals surface area contributed by atoms with Crippen LogP contribution in [0.1, 0.15) is 26.2 Å². The van der Waals surface area contributed by atoms with Crippen molar-refractivity contribution in [2.45, 2.75) is 38.3 Å². The minimum absolute atomic E-state index is 0.305. The molecule has 1 aliphatic carbocycles. The van der Waals surface area contributed by atoms with Crippen molar-refractivity contribution in [1.82, 2.24) is 5.32 Å². The quantitative estimate of drug-likeness (QED) is 0.771. The number of halogens is 1. The summed E-state index contributed by atoms with van der Waals surface area (Å²) in [6, 6.07) is 7.77. The lowest BCUT2D eigenvalue weighted by Crippen LogP contribution is -2.33. The highest BCUT2D eigenvalue weighted by Gasteiger charge is 2.35. The number of nitrogens with one attached hydrogen (secondary N) is 1. The van der Waals surface area contributed by atoms with Crippen LogP contribution in [-0.2, 0) is 0 Å². The van der Waals surface area contributed by atoms with Crippen molar-refractivity contribution < 1.29 is 9.84 Å². The summed E-state index contributed by atoms with van der Waals surface area (Å²) in [6.07, 6.45) is 3.30. The van der Waals surface area contributed by atoms with Gasteiger partial charge >= 0.3 is 0 Å². The van der Waals surface area contributed by atoms with Crippen molar-refractivity contribution in [1.29, 1.82) is 0 Å². The summed E-state index contributed by atoms with van der Waals surface area (Å²) in [4.78, 5) is 0. The van der Waals surface area contributed by atoms with E-state index in [2.05, 4.69) is 12.2 Å². The van der Waals surface area contributed by atoms with Gasteiger partial charge in [-0.25, -0.2) is 0 Å². The lowest BCUT2D eigenvalue weighted by atomic mass is 10.2. The van der Waals surface area contributed by atoms with E-state index in [1.54, 1.807) is 24.3 Å². The van der Waals surface area contributed by atoms with Gasteiger partial charge in [0.15, 0.2) is 0 Å². The molecule has 1 aromatic rings. The van der Waals surface area contributed by atoms with E-state index in [1.165, 1.54) is 19.3 Å². The van der Waals surface area contributed by atoms with Gasteiger partial charge in [0.1, 0.15) is 18.5 Å². The highest BCUT2D eigenvalue weighted by atomic mass is 35.5. The Kier molecular flexibility index (Phi) is 5.49. The predicted molar refractivity (Wildman–Crippen MR) is 77.8 cm³/mol. The molecular formula is C15H22ClNO2. The summed E-state index contributed by atoms with van der Waals surface area (Å²) in [5.74, 6) is 1.55. The number of hydrogen-bond acceptors (Lipinski definition) is 3. The van der Waals surface area contributed by atoms with Crippen molar-refractivity contribution in [3.63, 3.8) is 0 Å². The van der Waals surface area contributed by atoms with Crippen LogP contribution in [0, 0.1) is 5.92 Å². The SMILES string of the molecule is CCCC1CC1NCC(O)COc1ccc(Cl)cc1. The van der Waals surface area contributed by atoms with Crippen LogP contribution in [0.2, 0.25) is 5.02 Å². The maximum atomic E-state index is 9.84. The fourth-order valence-electron chi connectivity index (χ4n) is 2.26. The Morgan fingerprint density at radius 2 is 2.16 bits per heavy atom. The van der Waals surface area contributed by atoms with Crippen molar-refractivity contribution in [3.8, 4) is 5.75 Å². The van der Waals surface area contributed by atoms with Gasteiger partial charge in [0, 0.05) is 17.6 Å². The predicted octanol–water partition coefficient (Wildman–Crippen LogP) is 2.86. The summed E-state index contributed by atoms with van der Waals surface area (Å²) >= 11 is 5.79. The zero-order chi connectivity index (χ0) is 13.7. The molecule has 4 heteroatoms. The van der Waals surface area contributed by atoms with Gasteiger partial charge in [0.2, 0.25) is 0 Å². The number of benzene rings is 1. The van der Waals surface area contributed by atoms with E-state index in [-0.39, 0.29) is 0 Å². The topological polar surface area (TPSA) is 41.5 Å². The second kappa shape index (κ2) is 7.13. The molecule has 0 saturated heterocycles. The summed E-state index contributed by atoms with van der Waals surface area (Å²) < 4.78 is 5.50. The van der Waals surface area contributed by atoms with E-state index in [0.29, 0.717) is 24.2 Å². The fourth-order valence-corrected chi connectivity index (χ4v) is 2.38. The van der Waals surface area contributed by atoms with Crippen molar-refractivity contribution >= 4 is 11.6 Å². The Labute approximate surface area is 119 Å². The van der Waals surface area contributed by atoms with Crippen LogP contribution in [0.4, 0.5) is 0 Å². The van der Waals surface area contributed by atoms with Crippen molar-refractivity contribution in [2.24, 2.45) is 5.92 Å². The van der Waals surface area contributed by atoms with Crippen LogP contribution in [-0.4, -0.2) is 30.4 Å². The number of ether oxygens (including phenoxy) is 1. The molecule has 106 valence electrons. The second-order valence-electron chi connectivity index (χ2n) is 5.22. The highest BCUT2D eigenvalue weighted by Crippen LogP contribution is 2.34. The average molecular weight is 284 g/mol. The Morgan fingerprint density at radius 1 is 1.42 bits per heavy atom. The van der Waals surface area contributed by atoms with E-state index >= 15 is 0 Å². The molecular weight excluding hydrogens is 262 g/mol. The van der Waals surface area contributed by atoms with Gasteiger partial charge in [-0.2, -0.15) is 0 Å². The van der Waals surface area contributed by atoms with E-state index < -0.39 is 6.10 Å². The standard InChI is InChI=1S/C15H22ClNO2/c1-2-3-11-8-15(11)17-9-13(18)10-19-14-6-4-12(16)5-7-14/h4-7,11,13,15,17-18H,2-3,8-10H2,1H3. The van der Waals surface area contributed by atoms with E-state index in [0.717, 1.165) is 11.7 Å². The minimum Gasteiger partial charge on any atom is -0.491 e. The Bertz CT molecular complexity index is 382. The molecule has 0 bridgehead atoms. The van der Waals surface area contributed by atoms with Gasteiger partial charge < -0.3 is 15.2 Å². The summed E-state index contributed by atoms with van der Waals surface area (Å²) in [7, 11) is 0. The van der Waals surface area contributed by atoms with E-state index in [1.807, 2.05) is 0 Å². The van der Waals surface area contributed by atoms with Gasteiger partial charge in [-0.1, -0.05) is 24.9 Å². The molecule has 0 amide bonds. The first-order valence-electron chi connectivity index (χ1n) is 6.99. The molecule has 1 aliphatic rings. The number of aliphatic hydroxyl groups is 1. The Morgan fingerprint density at radius 3 is 2.84 bits per heavy atom.